The van der Waals surface area contributed by atoms with E-state index in [9.17, 15) is 0 Å². The van der Waals surface area contributed by atoms with Crippen LogP contribution in [0.15, 0.2) is 376 Å². The molecule has 10 nitrogen and oxygen atoms in total. The van der Waals surface area contributed by atoms with Gasteiger partial charge in [0.25, 0.3) is 0 Å². The van der Waals surface area contributed by atoms with Gasteiger partial charge in [-0.2, -0.15) is 0 Å². The number of hydrogen-bond donors (Lipinski definition) is 0. The van der Waals surface area contributed by atoms with Crippen molar-refractivity contribution in [2.75, 3.05) is 9.80 Å². The van der Waals surface area contributed by atoms with Crippen molar-refractivity contribution in [3.05, 3.63) is 376 Å². The lowest BCUT2D eigenvalue weighted by molar-refractivity contribution is 1.10. The number of imidazole rings is 4. The molecule has 16 aromatic carbocycles. The summed E-state index contributed by atoms with van der Waals surface area (Å²) in [4.78, 5) is 26.1. The van der Waals surface area contributed by atoms with E-state index < -0.39 is 0 Å². The zero-order valence-corrected chi connectivity index (χ0v) is 56.3. The van der Waals surface area contributed by atoms with Crippen molar-refractivity contribution in [3.63, 3.8) is 0 Å². The number of para-hydroxylation sites is 12. The Balaban J connectivity index is 0.790. The molecule has 0 atom stereocenters. The lowest BCUT2D eigenvalue weighted by Crippen LogP contribution is -2.12. The minimum absolute atomic E-state index is 0.865. The summed E-state index contributed by atoms with van der Waals surface area (Å²) in [5.74, 6) is 3.46. The van der Waals surface area contributed by atoms with Crippen molar-refractivity contribution in [2.24, 2.45) is 0 Å². The van der Waals surface area contributed by atoms with Gasteiger partial charge in [-0.15, -0.1) is 0 Å². The van der Waals surface area contributed by atoms with E-state index in [0.717, 1.165) is 173 Å². The first-order valence-electron chi connectivity index (χ1n) is 35.1. The van der Waals surface area contributed by atoms with Gasteiger partial charge in [-0.1, -0.05) is 170 Å². The predicted molar refractivity (Wildman–Crippen MR) is 429 cm³/mol. The van der Waals surface area contributed by atoms with Crippen molar-refractivity contribution in [1.29, 1.82) is 0 Å². The molecule has 0 fully saturated rings. The highest BCUT2D eigenvalue weighted by atomic mass is 15.2. The van der Waals surface area contributed by atoms with Crippen LogP contribution < -0.4 is 9.80 Å². The van der Waals surface area contributed by atoms with Gasteiger partial charge in [-0.05, 0) is 228 Å². The Labute approximate surface area is 599 Å². The molecule has 20 aromatic rings. The molecule has 0 bridgehead atoms. The number of fused-ring (bicyclic) bond motifs is 9. The molecule has 0 spiro atoms. The number of rotatable bonds is 14. The summed E-state index contributed by atoms with van der Waals surface area (Å²) in [5.41, 5.74) is 22.0. The summed E-state index contributed by atoms with van der Waals surface area (Å²) in [6.07, 6.45) is 0. The fourth-order valence-corrected chi connectivity index (χ4v) is 15.4. The summed E-state index contributed by atoms with van der Waals surface area (Å²) < 4.78 is 9.06. The van der Waals surface area contributed by atoms with Gasteiger partial charge >= 0.3 is 0 Å². The number of anilines is 6. The third kappa shape index (κ3) is 10.1. The second kappa shape index (κ2) is 24.9. The molecule has 10 heteroatoms. The Morgan fingerprint density at radius 2 is 0.423 bits per heavy atom. The summed E-state index contributed by atoms with van der Waals surface area (Å²) >= 11 is 0. The Morgan fingerprint density at radius 3 is 0.683 bits per heavy atom. The highest BCUT2D eigenvalue weighted by molar-refractivity contribution is 6.26. The van der Waals surface area contributed by atoms with E-state index in [1.807, 2.05) is 0 Å². The molecule has 0 amide bonds. The monoisotopic (exact) mass is 1330 g/mol. The van der Waals surface area contributed by atoms with Crippen LogP contribution in [0.2, 0.25) is 0 Å². The summed E-state index contributed by atoms with van der Waals surface area (Å²) in [5, 5.41) is 6.72. The largest absolute Gasteiger partial charge is 0.310 e. The Hall–Kier alpha value is -14.2. The van der Waals surface area contributed by atoms with Gasteiger partial charge in [0.05, 0.1) is 55.5 Å². The molecular formula is C94H62N10. The molecule has 0 radical (unpaired) electrons. The number of nitrogens with zero attached hydrogens (tertiary/aromatic N) is 10. The molecule has 104 heavy (non-hydrogen) atoms. The highest BCUT2D eigenvalue weighted by Gasteiger charge is 2.26. The van der Waals surface area contributed by atoms with Crippen LogP contribution in [0.3, 0.4) is 0 Å². The van der Waals surface area contributed by atoms with Crippen LogP contribution in [0, 0.1) is 0 Å². The van der Waals surface area contributed by atoms with Gasteiger partial charge in [0.1, 0.15) is 23.3 Å². The third-order valence-electron chi connectivity index (χ3n) is 20.1. The molecule has 0 aliphatic carbocycles. The molecule has 488 valence electrons. The third-order valence-corrected chi connectivity index (χ3v) is 20.1. The quantitative estimate of drug-likeness (QED) is 0.101. The van der Waals surface area contributed by atoms with Gasteiger partial charge in [0.2, 0.25) is 0 Å². The molecule has 4 aromatic heterocycles. The fourth-order valence-electron chi connectivity index (χ4n) is 15.4. The maximum atomic E-state index is 5.31. The topological polar surface area (TPSA) is 77.8 Å². The Kier molecular flexibility index (Phi) is 14.3. The van der Waals surface area contributed by atoms with Crippen molar-refractivity contribution in [3.8, 4) is 68.3 Å². The molecule has 0 saturated carbocycles. The van der Waals surface area contributed by atoms with Crippen LogP contribution in [0.5, 0.6) is 0 Å². The standard InChI is InChI=1S/C94H62N10/c1-5-25-68(26-6-1)101-84-41-21-17-37-80(84)95-91(101)63-45-53-72(54-46-63)99(73-55-47-64(48-56-73)92-96-81-38-18-22-42-85(81)102(92)69-27-7-2-8-28-69)88-61-67-62-89(77-34-14-16-36-79(77)90(67)78-35-15-13-33-76(78)88)100(74-57-49-65(50-58-74)93-97-82-39-19-23-43-86(82)103(93)70-29-9-3-10-30-70)75-59-51-66(52-60-75)94-98-83-40-20-24-44-87(83)104(94)71-31-11-4-12-32-71/h1-62H. The van der Waals surface area contributed by atoms with E-state index in [-0.39, 0.29) is 0 Å². The predicted octanol–water partition coefficient (Wildman–Crippen LogP) is 24.1. The maximum Gasteiger partial charge on any atom is 0.145 e. The molecule has 20 rings (SSSR count). The maximum absolute atomic E-state index is 5.31. The molecule has 0 unspecified atom stereocenters. The van der Waals surface area contributed by atoms with Gasteiger partial charge in [-0.3, -0.25) is 18.3 Å². The van der Waals surface area contributed by atoms with E-state index in [4.69, 9.17) is 19.9 Å². The smallest absolute Gasteiger partial charge is 0.145 e. The van der Waals surface area contributed by atoms with Crippen molar-refractivity contribution < 1.29 is 0 Å². The van der Waals surface area contributed by atoms with Crippen LogP contribution >= 0.6 is 0 Å². The average molecular weight is 1330 g/mol. The number of hydrogen-bond acceptors (Lipinski definition) is 6. The first-order valence-corrected chi connectivity index (χ1v) is 35.1. The van der Waals surface area contributed by atoms with Gasteiger partial charge in [0.15, 0.2) is 0 Å². The van der Waals surface area contributed by atoms with Crippen LogP contribution in [-0.2, 0) is 0 Å². The van der Waals surface area contributed by atoms with Gasteiger partial charge in [-0.25, -0.2) is 19.9 Å². The van der Waals surface area contributed by atoms with Crippen molar-refractivity contribution >= 4 is 111 Å². The normalized spacial score (nSPS) is 11.7. The van der Waals surface area contributed by atoms with E-state index in [1.165, 1.54) is 5.39 Å². The van der Waals surface area contributed by atoms with Gasteiger partial charge < -0.3 is 9.80 Å². The first-order chi connectivity index (χ1) is 51.6. The molecule has 0 saturated heterocycles. The van der Waals surface area contributed by atoms with Crippen LogP contribution in [0.25, 0.3) is 145 Å². The molecule has 0 aliphatic rings. The van der Waals surface area contributed by atoms with E-state index in [0.29, 0.717) is 0 Å². The zero-order chi connectivity index (χ0) is 68.6. The van der Waals surface area contributed by atoms with Crippen LogP contribution in [0.4, 0.5) is 34.1 Å². The highest BCUT2D eigenvalue weighted by Crippen LogP contribution is 2.49. The lowest BCUT2D eigenvalue weighted by atomic mass is 9.93. The first kappa shape index (κ1) is 59.8. The van der Waals surface area contributed by atoms with Crippen molar-refractivity contribution in [2.45, 2.75) is 0 Å². The second-order valence-corrected chi connectivity index (χ2v) is 26.2. The number of benzene rings is 16. The Bertz CT molecular complexity index is 5900. The zero-order valence-electron chi connectivity index (χ0n) is 56.3. The average Bonchev–Trinajstić information content (AvgIpc) is 0.980. The van der Waals surface area contributed by atoms with Crippen molar-refractivity contribution in [1.82, 2.24) is 38.2 Å². The molecular weight excluding hydrogens is 1270 g/mol. The molecule has 0 N–H and O–H groups in total. The summed E-state index contributed by atoms with van der Waals surface area (Å²) in [6, 6.07) is 134. The van der Waals surface area contributed by atoms with Crippen LogP contribution in [-0.4, -0.2) is 38.2 Å². The summed E-state index contributed by atoms with van der Waals surface area (Å²) in [7, 11) is 0. The molecule has 0 aliphatic heterocycles. The number of aromatic nitrogens is 8. The van der Waals surface area contributed by atoms with E-state index >= 15 is 0 Å². The van der Waals surface area contributed by atoms with E-state index in [2.05, 4.69) is 404 Å². The minimum Gasteiger partial charge on any atom is -0.310 e. The Morgan fingerprint density at radius 1 is 0.202 bits per heavy atom. The minimum atomic E-state index is 0.865. The summed E-state index contributed by atoms with van der Waals surface area (Å²) in [6.45, 7) is 0. The lowest BCUT2D eigenvalue weighted by Gasteiger charge is -2.30. The van der Waals surface area contributed by atoms with Crippen LogP contribution in [0.1, 0.15) is 0 Å². The SMILES string of the molecule is c1ccc(-n2c(-c3ccc(N(c4ccc(-c5nc6ccccc6n5-c5ccccc5)cc4)c4cc5cc(N(c6ccc(-c7nc8ccccc8n7-c7ccccc7)cc6)c6ccc(-c7nc8ccccc8n7-c7ccccc7)cc6)c6ccccc6c5c5ccccc45)cc3)nc3ccccc32)cc1. The van der Waals surface area contributed by atoms with E-state index in [1.54, 1.807) is 0 Å². The second-order valence-electron chi connectivity index (χ2n) is 26.2. The fraction of sp³-hybridized carbons (Fsp3) is 0. The van der Waals surface area contributed by atoms with Gasteiger partial charge in [0, 0.05) is 78.5 Å². The molecule has 4 heterocycles.